The first-order valence-electron chi connectivity index (χ1n) is 5.74. The van der Waals surface area contributed by atoms with Crippen molar-refractivity contribution < 1.29 is 4.39 Å². The minimum absolute atomic E-state index is 0.0193. The fourth-order valence-electron chi connectivity index (χ4n) is 1.82. The van der Waals surface area contributed by atoms with Crippen molar-refractivity contribution in [1.82, 2.24) is 0 Å². The summed E-state index contributed by atoms with van der Waals surface area (Å²) in [5.74, 6) is -0.617. The largest absolute Gasteiger partial charge is 0.378 e. The van der Waals surface area contributed by atoms with Crippen molar-refractivity contribution in [3.05, 3.63) is 61.3 Å². The molecule has 1 nitrogen and oxygen atoms in total. The molecule has 1 atom stereocenters. The highest BCUT2D eigenvalue weighted by Crippen LogP contribution is 2.32. The van der Waals surface area contributed by atoms with Crippen LogP contribution in [0.4, 0.5) is 10.1 Å². The Morgan fingerprint density at radius 2 is 1.65 bits per heavy atom. The third kappa shape index (κ3) is 3.59. The van der Waals surface area contributed by atoms with E-state index in [1.165, 1.54) is 12.1 Å². The van der Waals surface area contributed by atoms with Gasteiger partial charge in [0.25, 0.3) is 0 Å². The number of rotatable bonds is 3. The molecular formula is C14H10BrCl3FN. The molecule has 0 amide bonds. The van der Waals surface area contributed by atoms with Gasteiger partial charge in [-0.2, -0.15) is 0 Å². The highest BCUT2D eigenvalue weighted by Gasteiger charge is 2.12. The summed E-state index contributed by atoms with van der Waals surface area (Å²) in [5.41, 5.74) is 1.55. The van der Waals surface area contributed by atoms with Gasteiger partial charge in [0.2, 0.25) is 0 Å². The summed E-state index contributed by atoms with van der Waals surface area (Å²) in [4.78, 5) is 0. The van der Waals surface area contributed by atoms with E-state index < -0.39 is 5.82 Å². The number of anilines is 1. The Hall–Kier alpha value is -0.480. The van der Waals surface area contributed by atoms with Crippen molar-refractivity contribution in [3.63, 3.8) is 0 Å². The summed E-state index contributed by atoms with van der Waals surface area (Å²) < 4.78 is 14.3. The van der Waals surface area contributed by atoms with Gasteiger partial charge in [-0.25, -0.2) is 4.39 Å². The first-order chi connectivity index (χ1) is 9.38. The van der Waals surface area contributed by atoms with Gasteiger partial charge >= 0.3 is 0 Å². The molecule has 1 unspecified atom stereocenters. The predicted octanol–water partition coefficient (Wildman–Crippen LogP) is 6.72. The van der Waals surface area contributed by atoms with E-state index in [9.17, 15) is 4.39 Å². The number of benzene rings is 2. The topological polar surface area (TPSA) is 12.0 Å². The van der Waals surface area contributed by atoms with Gasteiger partial charge in [-0.15, -0.1) is 0 Å². The molecule has 0 radical (unpaired) electrons. The molecule has 20 heavy (non-hydrogen) atoms. The molecule has 0 bridgehead atoms. The molecule has 2 aromatic carbocycles. The van der Waals surface area contributed by atoms with Gasteiger partial charge in [0, 0.05) is 21.2 Å². The maximum Gasteiger partial charge on any atom is 0.160 e. The highest BCUT2D eigenvalue weighted by atomic mass is 79.9. The summed E-state index contributed by atoms with van der Waals surface area (Å²) in [6.07, 6.45) is 0. The van der Waals surface area contributed by atoms with Gasteiger partial charge in [0.1, 0.15) is 0 Å². The molecular weight excluding hydrogens is 387 g/mol. The first-order valence-corrected chi connectivity index (χ1v) is 7.67. The van der Waals surface area contributed by atoms with Gasteiger partial charge in [-0.05, 0) is 36.8 Å². The quantitative estimate of drug-likeness (QED) is 0.567. The maximum absolute atomic E-state index is 13.4. The van der Waals surface area contributed by atoms with E-state index in [-0.39, 0.29) is 16.1 Å². The Labute approximate surface area is 140 Å². The lowest BCUT2D eigenvalue weighted by molar-refractivity contribution is 0.628. The average molecular weight is 398 g/mol. The number of halogens is 5. The van der Waals surface area contributed by atoms with E-state index >= 15 is 0 Å². The van der Waals surface area contributed by atoms with Crippen LogP contribution in [0.25, 0.3) is 0 Å². The molecule has 0 fully saturated rings. The Kier molecular flexibility index (Phi) is 5.19. The van der Waals surface area contributed by atoms with Crippen LogP contribution in [0.1, 0.15) is 18.5 Å². The Morgan fingerprint density at radius 3 is 2.20 bits per heavy atom. The SMILES string of the molecule is CC(Nc1cc(Cl)c(F)c(Cl)c1)c1ccc(Br)cc1Cl. The fourth-order valence-corrected chi connectivity index (χ4v) is 3.14. The van der Waals surface area contributed by atoms with Gasteiger partial charge in [0.05, 0.1) is 10.0 Å². The van der Waals surface area contributed by atoms with Crippen molar-refractivity contribution in [2.24, 2.45) is 0 Å². The second-order valence-corrected chi connectivity index (χ2v) is 6.42. The van der Waals surface area contributed by atoms with Crippen LogP contribution in [-0.4, -0.2) is 0 Å². The fraction of sp³-hybridized carbons (Fsp3) is 0.143. The zero-order valence-electron chi connectivity index (χ0n) is 10.4. The molecule has 0 aliphatic heterocycles. The number of hydrogen-bond acceptors (Lipinski definition) is 1. The van der Waals surface area contributed by atoms with Crippen LogP contribution in [0.2, 0.25) is 15.1 Å². The lowest BCUT2D eigenvalue weighted by Gasteiger charge is -2.18. The third-order valence-corrected chi connectivity index (χ3v) is 4.17. The van der Waals surface area contributed by atoms with Crippen LogP contribution in [0, 0.1) is 5.82 Å². The number of nitrogens with one attached hydrogen (secondary N) is 1. The zero-order chi connectivity index (χ0) is 14.9. The van der Waals surface area contributed by atoms with Crippen molar-refractivity contribution in [1.29, 1.82) is 0 Å². The molecule has 0 aliphatic rings. The average Bonchev–Trinajstić information content (AvgIpc) is 2.35. The molecule has 0 spiro atoms. The summed E-state index contributed by atoms with van der Waals surface area (Å²) >= 11 is 21.1. The van der Waals surface area contributed by atoms with E-state index in [0.717, 1.165) is 10.0 Å². The summed E-state index contributed by atoms with van der Waals surface area (Å²) in [6.45, 7) is 1.94. The molecule has 0 saturated carbocycles. The van der Waals surface area contributed by atoms with Gasteiger partial charge < -0.3 is 5.32 Å². The van der Waals surface area contributed by atoms with Crippen molar-refractivity contribution >= 4 is 56.4 Å². The first kappa shape index (κ1) is 15.9. The molecule has 6 heteroatoms. The summed E-state index contributed by atoms with van der Waals surface area (Å²) in [5, 5.41) is 3.79. The van der Waals surface area contributed by atoms with E-state index in [0.29, 0.717) is 10.7 Å². The molecule has 0 aromatic heterocycles. The van der Waals surface area contributed by atoms with Gasteiger partial charge in [0.15, 0.2) is 5.82 Å². The van der Waals surface area contributed by atoms with E-state index in [1.54, 1.807) is 0 Å². The normalized spacial score (nSPS) is 12.3. The molecule has 0 saturated heterocycles. The summed E-state index contributed by atoms with van der Waals surface area (Å²) in [6, 6.07) is 8.55. The van der Waals surface area contributed by atoms with E-state index in [1.807, 2.05) is 25.1 Å². The van der Waals surface area contributed by atoms with Crippen LogP contribution in [0.5, 0.6) is 0 Å². The maximum atomic E-state index is 13.4. The predicted molar refractivity (Wildman–Crippen MR) is 87.6 cm³/mol. The molecule has 2 aromatic rings. The smallest absolute Gasteiger partial charge is 0.160 e. The number of hydrogen-bond donors (Lipinski definition) is 1. The minimum atomic E-state index is -0.617. The monoisotopic (exact) mass is 395 g/mol. The summed E-state index contributed by atoms with van der Waals surface area (Å²) in [7, 11) is 0. The van der Waals surface area contributed by atoms with E-state index in [2.05, 4.69) is 21.2 Å². The van der Waals surface area contributed by atoms with Crippen molar-refractivity contribution in [3.8, 4) is 0 Å². The van der Waals surface area contributed by atoms with Crippen LogP contribution in [-0.2, 0) is 0 Å². The van der Waals surface area contributed by atoms with Gasteiger partial charge in [-0.3, -0.25) is 0 Å². The molecule has 0 aliphatic carbocycles. The van der Waals surface area contributed by atoms with Crippen LogP contribution < -0.4 is 5.32 Å². The van der Waals surface area contributed by atoms with Gasteiger partial charge in [-0.1, -0.05) is 56.8 Å². The standard InChI is InChI=1S/C14H10BrCl3FN/c1-7(10-3-2-8(15)4-11(10)16)20-9-5-12(17)14(19)13(18)6-9/h2-7,20H,1H3. The lowest BCUT2D eigenvalue weighted by Crippen LogP contribution is -2.07. The minimum Gasteiger partial charge on any atom is -0.378 e. The second-order valence-electron chi connectivity index (χ2n) is 4.29. The molecule has 1 N–H and O–H groups in total. The van der Waals surface area contributed by atoms with Crippen molar-refractivity contribution in [2.75, 3.05) is 5.32 Å². The Balaban J connectivity index is 2.25. The van der Waals surface area contributed by atoms with Crippen LogP contribution in [0.3, 0.4) is 0 Å². The second kappa shape index (κ2) is 6.52. The zero-order valence-corrected chi connectivity index (χ0v) is 14.2. The third-order valence-electron chi connectivity index (χ3n) is 2.80. The van der Waals surface area contributed by atoms with E-state index in [4.69, 9.17) is 34.8 Å². The Morgan fingerprint density at radius 1 is 1.05 bits per heavy atom. The lowest BCUT2D eigenvalue weighted by atomic mass is 10.1. The van der Waals surface area contributed by atoms with Crippen LogP contribution >= 0.6 is 50.7 Å². The van der Waals surface area contributed by atoms with Crippen LogP contribution in [0.15, 0.2) is 34.8 Å². The molecule has 0 heterocycles. The molecule has 2 rings (SSSR count). The highest BCUT2D eigenvalue weighted by molar-refractivity contribution is 9.10. The van der Waals surface area contributed by atoms with Crippen molar-refractivity contribution in [2.45, 2.75) is 13.0 Å². The molecule has 106 valence electrons. The Bertz CT molecular complexity index is 625.